The molecule has 0 atom stereocenters. The van der Waals surface area contributed by atoms with Gasteiger partial charge in [0.2, 0.25) is 0 Å². The monoisotopic (exact) mass is 298 g/mol. The smallest absolute Gasteiger partial charge is 0.327 e. The van der Waals surface area contributed by atoms with Crippen LogP contribution in [0.5, 0.6) is 5.75 Å². The highest BCUT2D eigenvalue weighted by molar-refractivity contribution is 5.65. The Bertz CT molecular complexity index is 616. The van der Waals surface area contributed by atoms with E-state index in [0.717, 1.165) is 12.2 Å². The lowest BCUT2D eigenvalue weighted by atomic mass is 9.98. The van der Waals surface area contributed by atoms with E-state index in [1.807, 2.05) is 26.0 Å². The maximum Gasteiger partial charge on any atom is 0.327 e. The van der Waals surface area contributed by atoms with Crippen LogP contribution in [0, 0.1) is 0 Å². The average Bonchev–Trinajstić information content (AvgIpc) is 2.56. The number of ether oxygens (including phenoxy) is 3. The molecule has 22 heavy (non-hydrogen) atoms. The molecule has 3 heteroatoms. The number of rotatable bonds is 5. The van der Waals surface area contributed by atoms with E-state index in [9.17, 15) is 0 Å². The van der Waals surface area contributed by atoms with E-state index < -0.39 is 5.97 Å². The summed E-state index contributed by atoms with van der Waals surface area (Å²) in [5.41, 5.74) is 3.64. The number of hydrogen-bond acceptors (Lipinski definition) is 3. The van der Waals surface area contributed by atoms with Crippen molar-refractivity contribution in [3.63, 3.8) is 0 Å². The lowest BCUT2D eigenvalue weighted by Gasteiger charge is -2.37. The Kier molecular flexibility index (Phi) is 4.46. The number of benzene rings is 2. The van der Waals surface area contributed by atoms with Gasteiger partial charge >= 0.3 is 5.97 Å². The summed E-state index contributed by atoms with van der Waals surface area (Å²) in [5, 5.41) is 0. The van der Waals surface area contributed by atoms with E-state index in [-0.39, 0.29) is 0 Å². The van der Waals surface area contributed by atoms with Crippen molar-refractivity contribution in [2.75, 3.05) is 13.2 Å². The first-order valence-corrected chi connectivity index (χ1v) is 7.91. The van der Waals surface area contributed by atoms with E-state index in [1.54, 1.807) is 0 Å². The van der Waals surface area contributed by atoms with Crippen molar-refractivity contribution in [2.24, 2.45) is 0 Å². The molecular weight excluding hydrogens is 276 g/mol. The molecule has 2 aromatic carbocycles. The largest absolute Gasteiger partial charge is 0.439 e. The zero-order valence-corrected chi connectivity index (χ0v) is 13.2. The predicted molar refractivity (Wildman–Crippen MR) is 86.8 cm³/mol. The van der Waals surface area contributed by atoms with Crippen molar-refractivity contribution in [1.82, 2.24) is 0 Å². The van der Waals surface area contributed by atoms with Crippen LogP contribution in [0.3, 0.4) is 0 Å². The molecular formula is C19H22O3. The van der Waals surface area contributed by atoms with E-state index in [2.05, 4.69) is 36.4 Å². The minimum Gasteiger partial charge on any atom is -0.439 e. The molecule has 0 radical (unpaired) electrons. The van der Waals surface area contributed by atoms with E-state index in [0.29, 0.717) is 19.6 Å². The third-order valence-electron chi connectivity index (χ3n) is 3.86. The molecule has 2 aromatic rings. The second kappa shape index (κ2) is 6.51. The first-order valence-electron chi connectivity index (χ1n) is 7.91. The molecule has 0 unspecified atom stereocenters. The molecule has 3 rings (SSSR count). The van der Waals surface area contributed by atoms with Crippen LogP contribution in [-0.2, 0) is 15.9 Å². The van der Waals surface area contributed by atoms with Crippen molar-refractivity contribution in [3.05, 3.63) is 54.1 Å². The lowest BCUT2D eigenvalue weighted by Crippen LogP contribution is -2.45. The molecule has 0 saturated carbocycles. The van der Waals surface area contributed by atoms with Gasteiger partial charge in [0.05, 0.1) is 13.2 Å². The molecule has 3 nitrogen and oxygen atoms in total. The minimum atomic E-state index is -0.926. The first kappa shape index (κ1) is 15.1. The standard InChI is InChI=1S/C19H22O3/c1-3-20-19(21-4-2)13-12-17-14-16(10-11-18(17)22-19)15-8-6-5-7-9-15/h5-11,14H,3-4,12-13H2,1-2H3. The van der Waals surface area contributed by atoms with Crippen molar-refractivity contribution in [2.45, 2.75) is 32.7 Å². The molecule has 0 spiro atoms. The van der Waals surface area contributed by atoms with Crippen LogP contribution < -0.4 is 4.74 Å². The van der Waals surface area contributed by atoms with Crippen molar-refractivity contribution in [1.29, 1.82) is 0 Å². The number of fused-ring (bicyclic) bond motifs is 1. The predicted octanol–water partition coefficient (Wildman–Crippen LogP) is 4.41. The van der Waals surface area contributed by atoms with Gasteiger partial charge in [0.25, 0.3) is 0 Å². The van der Waals surface area contributed by atoms with Gasteiger partial charge in [-0.3, -0.25) is 0 Å². The van der Waals surface area contributed by atoms with Crippen LogP contribution in [-0.4, -0.2) is 19.2 Å². The normalized spacial score (nSPS) is 15.9. The molecule has 0 saturated heterocycles. The van der Waals surface area contributed by atoms with Gasteiger partial charge in [-0.15, -0.1) is 0 Å². The summed E-state index contributed by atoms with van der Waals surface area (Å²) in [6.07, 6.45) is 1.59. The van der Waals surface area contributed by atoms with Gasteiger partial charge in [-0.2, -0.15) is 0 Å². The Balaban J connectivity index is 1.87. The van der Waals surface area contributed by atoms with E-state index in [1.165, 1.54) is 16.7 Å². The van der Waals surface area contributed by atoms with Gasteiger partial charge in [-0.1, -0.05) is 36.4 Å². The Morgan fingerprint density at radius 3 is 2.36 bits per heavy atom. The molecule has 0 aromatic heterocycles. The summed E-state index contributed by atoms with van der Waals surface area (Å²) in [6, 6.07) is 16.7. The summed E-state index contributed by atoms with van der Waals surface area (Å²) < 4.78 is 17.5. The zero-order valence-electron chi connectivity index (χ0n) is 13.2. The third-order valence-corrected chi connectivity index (χ3v) is 3.86. The van der Waals surface area contributed by atoms with Crippen LogP contribution >= 0.6 is 0 Å². The van der Waals surface area contributed by atoms with Crippen LogP contribution in [0.1, 0.15) is 25.8 Å². The fourth-order valence-electron chi connectivity index (χ4n) is 2.88. The summed E-state index contributed by atoms with van der Waals surface area (Å²) in [6.45, 7) is 5.05. The fourth-order valence-corrected chi connectivity index (χ4v) is 2.88. The van der Waals surface area contributed by atoms with Crippen molar-refractivity contribution >= 4 is 0 Å². The SMILES string of the molecule is CCOC1(OCC)CCc2cc(-c3ccccc3)ccc2O1. The molecule has 0 aliphatic carbocycles. The second-order valence-corrected chi connectivity index (χ2v) is 5.34. The van der Waals surface area contributed by atoms with E-state index >= 15 is 0 Å². The molecule has 0 amide bonds. The molecule has 0 fully saturated rings. The van der Waals surface area contributed by atoms with Crippen LogP contribution in [0.15, 0.2) is 48.5 Å². The van der Waals surface area contributed by atoms with Crippen LogP contribution in [0.4, 0.5) is 0 Å². The summed E-state index contributed by atoms with van der Waals surface area (Å²) >= 11 is 0. The maximum atomic E-state index is 6.05. The Labute approximate surface area is 131 Å². The first-order chi connectivity index (χ1) is 10.8. The van der Waals surface area contributed by atoms with Gasteiger partial charge in [-0.25, -0.2) is 0 Å². The van der Waals surface area contributed by atoms with Gasteiger partial charge in [-0.05, 0) is 49.1 Å². The average molecular weight is 298 g/mol. The van der Waals surface area contributed by atoms with E-state index in [4.69, 9.17) is 14.2 Å². The Morgan fingerprint density at radius 1 is 0.955 bits per heavy atom. The van der Waals surface area contributed by atoms with Gasteiger partial charge in [0.1, 0.15) is 5.75 Å². The molecule has 0 bridgehead atoms. The Hall–Kier alpha value is -1.84. The highest BCUT2D eigenvalue weighted by atomic mass is 16.9. The molecule has 116 valence electrons. The molecule has 1 heterocycles. The molecule has 1 aliphatic heterocycles. The van der Waals surface area contributed by atoms with Crippen LogP contribution in [0.2, 0.25) is 0 Å². The zero-order chi connectivity index (χ0) is 15.4. The fraction of sp³-hybridized carbons (Fsp3) is 0.368. The second-order valence-electron chi connectivity index (χ2n) is 5.34. The number of hydrogen-bond donors (Lipinski definition) is 0. The summed E-state index contributed by atoms with van der Waals surface area (Å²) in [5.74, 6) is -0.0714. The van der Waals surface area contributed by atoms with Crippen molar-refractivity contribution < 1.29 is 14.2 Å². The molecule has 0 N–H and O–H groups in total. The highest BCUT2D eigenvalue weighted by Gasteiger charge is 2.38. The third kappa shape index (κ3) is 3.01. The Morgan fingerprint density at radius 2 is 1.68 bits per heavy atom. The van der Waals surface area contributed by atoms with Crippen LogP contribution in [0.25, 0.3) is 11.1 Å². The van der Waals surface area contributed by atoms with Crippen molar-refractivity contribution in [3.8, 4) is 16.9 Å². The summed E-state index contributed by atoms with van der Waals surface area (Å²) in [7, 11) is 0. The van der Waals surface area contributed by atoms with Gasteiger partial charge in [0, 0.05) is 6.42 Å². The number of aryl methyl sites for hydroxylation is 1. The molecule has 1 aliphatic rings. The van der Waals surface area contributed by atoms with Gasteiger partial charge < -0.3 is 14.2 Å². The quantitative estimate of drug-likeness (QED) is 0.765. The maximum absolute atomic E-state index is 6.05. The summed E-state index contributed by atoms with van der Waals surface area (Å²) in [4.78, 5) is 0. The van der Waals surface area contributed by atoms with Gasteiger partial charge in [0.15, 0.2) is 0 Å². The minimum absolute atomic E-state index is 0.567. The topological polar surface area (TPSA) is 27.7 Å². The highest BCUT2D eigenvalue weighted by Crippen LogP contribution is 2.37. The lowest BCUT2D eigenvalue weighted by molar-refractivity contribution is -0.347.